The maximum atomic E-state index is 12.7. The van der Waals surface area contributed by atoms with Crippen LogP contribution in [-0.4, -0.2) is 34.0 Å². The van der Waals surface area contributed by atoms with Crippen molar-refractivity contribution in [1.29, 1.82) is 0 Å². The van der Waals surface area contributed by atoms with E-state index in [0.717, 1.165) is 32.1 Å². The van der Waals surface area contributed by atoms with Gasteiger partial charge in [0.05, 0.1) is 0 Å². The molecule has 4 saturated carbocycles. The molecule has 2 N–H and O–H groups in total. The fourth-order valence-corrected chi connectivity index (χ4v) is 8.52. The molecule has 5 aliphatic carbocycles. The highest BCUT2D eigenvalue weighted by Gasteiger charge is 2.79. The van der Waals surface area contributed by atoms with E-state index in [1.807, 2.05) is 13.0 Å². The third kappa shape index (κ3) is 1.74. The number of Topliss-reactive ketones (excluding diaryl/α,β-unsaturated/α-hetero) is 1. The smallest absolute Gasteiger partial charge is 0.190 e. The average Bonchev–Trinajstić information content (AvgIpc) is 3.31. The minimum atomic E-state index is -1.42. The van der Waals surface area contributed by atoms with Crippen molar-refractivity contribution in [2.24, 2.45) is 39.9 Å². The Balaban J connectivity index is 1.60. The SMILES string of the molecule is C[C@@H]1CC2C3CCC4=CC(=O)C=C[C@]4(C)[C@@]34C[C@H]4C[C@]2(C)[C@@]1(O)C(=O)CO. The van der Waals surface area contributed by atoms with Crippen molar-refractivity contribution in [3.63, 3.8) is 0 Å². The fourth-order valence-electron chi connectivity index (χ4n) is 8.52. The van der Waals surface area contributed by atoms with Gasteiger partial charge < -0.3 is 10.2 Å². The lowest BCUT2D eigenvalue weighted by molar-refractivity contribution is -0.170. The Kier molecular flexibility index (Phi) is 3.31. The van der Waals surface area contributed by atoms with Gasteiger partial charge in [0, 0.05) is 10.8 Å². The van der Waals surface area contributed by atoms with Gasteiger partial charge in [0.1, 0.15) is 12.2 Å². The molecule has 27 heavy (non-hydrogen) atoms. The lowest BCUT2D eigenvalue weighted by atomic mass is 9.46. The van der Waals surface area contributed by atoms with E-state index in [0.29, 0.717) is 11.8 Å². The molecule has 0 saturated heterocycles. The highest BCUT2D eigenvalue weighted by Crippen LogP contribution is 2.83. The zero-order chi connectivity index (χ0) is 19.4. The van der Waals surface area contributed by atoms with Gasteiger partial charge in [-0.2, -0.15) is 0 Å². The van der Waals surface area contributed by atoms with Gasteiger partial charge >= 0.3 is 0 Å². The molecule has 0 aliphatic heterocycles. The first-order chi connectivity index (χ1) is 12.6. The van der Waals surface area contributed by atoms with Gasteiger partial charge in [-0.1, -0.05) is 32.4 Å². The number of ketones is 2. The summed E-state index contributed by atoms with van der Waals surface area (Å²) >= 11 is 0. The van der Waals surface area contributed by atoms with Gasteiger partial charge in [-0.15, -0.1) is 0 Å². The van der Waals surface area contributed by atoms with Crippen LogP contribution >= 0.6 is 0 Å². The van der Waals surface area contributed by atoms with Gasteiger partial charge in [-0.25, -0.2) is 0 Å². The molecule has 146 valence electrons. The van der Waals surface area contributed by atoms with Crippen molar-refractivity contribution >= 4 is 11.6 Å². The lowest BCUT2D eigenvalue weighted by Gasteiger charge is -2.58. The van der Waals surface area contributed by atoms with Gasteiger partial charge in [0.15, 0.2) is 11.6 Å². The van der Waals surface area contributed by atoms with Crippen molar-refractivity contribution < 1.29 is 19.8 Å². The third-order valence-corrected chi connectivity index (χ3v) is 9.80. The second-order valence-corrected chi connectivity index (χ2v) is 10.4. The Hall–Kier alpha value is -1.26. The molecule has 4 heteroatoms. The summed E-state index contributed by atoms with van der Waals surface area (Å²) in [5.74, 6) is 0.792. The molecule has 0 aromatic carbocycles. The number of carbonyl (C=O) groups excluding carboxylic acids is 2. The van der Waals surface area contributed by atoms with E-state index in [9.17, 15) is 19.8 Å². The second kappa shape index (κ2) is 5.01. The van der Waals surface area contributed by atoms with Crippen LogP contribution in [0.25, 0.3) is 0 Å². The van der Waals surface area contributed by atoms with E-state index < -0.39 is 23.4 Å². The van der Waals surface area contributed by atoms with E-state index >= 15 is 0 Å². The van der Waals surface area contributed by atoms with Crippen LogP contribution < -0.4 is 0 Å². The minimum absolute atomic E-state index is 0.0687. The van der Waals surface area contributed by atoms with Crippen molar-refractivity contribution in [2.45, 2.75) is 58.5 Å². The second-order valence-electron chi connectivity index (χ2n) is 10.4. The molecule has 4 nitrogen and oxygen atoms in total. The first-order valence-corrected chi connectivity index (χ1v) is 10.5. The van der Waals surface area contributed by atoms with E-state index in [1.165, 1.54) is 5.57 Å². The normalized spacial score (nSPS) is 55.1. The van der Waals surface area contributed by atoms with Gasteiger partial charge in [-0.05, 0) is 73.3 Å². The van der Waals surface area contributed by atoms with Gasteiger partial charge in [0.2, 0.25) is 0 Å². The summed E-state index contributed by atoms with van der Waals surface area (Å²) in [4.78, 5) is 24.6. The van der Waals surface area contributed by atoms with Crippen LogP contribution in [0.15, 0.2) is 23.8 Å². The number of carbonyl (C=O) groups is 2. The zero-order valence-corrected chi connectivity index (χ0v) is 16.5. The molecular weight excluding hydrogens is 340 g/mol. The van der Waals surface area contributed by atoms with E-state index in [-0.39, 0.29) is 28.4 Å². The molecule has 0 radical (unpaired) electrons. The predicted octanol–water partition coefficient (Wildman–Crippen LogP) is 2.83. The topological polar surface area (TPSA) is 74.6 Å². The standard InChI is InChI=1S/C23H30O4/c1-13-8-18-17-5-4-14-9-16(25)6-7-20(14,2)22(17)11-15(22)10-21(18,3)23(13,27)19(26)12-24/h6-7,9,13,15,17-18,24,27H,4-5,8,10-12H2,1-3H3/t13-,15-,17?,18?,20+,21+,22-,23+/m1/s1. The number of hydrogen-bond acceptors (Lipinski definition) is 4. The molecule has 2 unspecified atom stereocenters. The van der Waals surface area contributed by atoms with Crippen LogP contribution in [0, 0.1) is 39.9 Å². The van der Waals surface area contributed by atoms with Crippen LogP contribution in [0.3, 0.4) is 0 Å². The highest BCUT2D eigenvalue weighted by molar-refractivity contribution is 6.01. The average molecular weight is 370 g/mol. The molecule has 0 aromatic heterocycles. The first kappa shape index (κ1) is 17.8. The predicted molar refractivity (Wildman–Crippen MR) is 101 cm³/mol. The Bertz CT molecular complexity index is 811. The van der Waals surface area contributed by atoms with Crippen LogP contribution in [-0.2, 0) is 9.59 Å². The number of rotatable bonds is 2. The molecule has 5 aliphatic rings. The summed E-state index contributed by atoms with van der Waals surface area (Å²) in [7, 11) is 0. The molecule has 1 spiro atoms. The molecule has 0 aromatic rings. The molecule has 0 amide bonds. The number of aliphatic hydroxyl groups excluding tert-OH is 1. The zero-order valence-electron chi connectivity index (χ0n) is 16.5. The van der Waals surface area contributed by atoms with Crippen LogP contribution in [0.2, 0.25) is 0 Å². The van der Waals surface area contributed by atoms with Crippen LogP contribution in [0.4, 0.5) is 0 Å². The Labute approximate surface area is 160 Å². The molecule has 8 atom stereocenters. The van der Waals surface area contributed by atoms with E-state index in [4.69, 9.17) is 0 Å². The van der Waals surface area contributed by atoms with Crippen molar-refractivity contribution in [2.75, 3.05) is 6.61 Å². The number of aliphatic hydroxyl groups is 2. The fraction of sp³-hybridized carbons (Fsp3) is 0.739. The van der Waals surface area contributed by atoms with Gasteiger partial charge in [-0.3, -0.25) is 9.59 Å². The van der Waals surface area contributed by atoms with Crippen molar-refractivity contribution in [3.8, 4) is 0 Å². The van der Waals surface area contributed by atoms with Gasteiger partial charge in [0.25, 0.3) is 0 Å². The number of allylic oxidation sites excluding steroid dienone is 4. The van der Waals surface area contributed by atoms with Crippen LogP contribution in [0.5, 0.6) is 0 Å². The van der Waals surface area contributed by atoms with E-state index in [1.54, 1.807) is 6.08 Å². The van der Waals surface area contributed by atoms with E-state index in [2.05, 4.69) is 19.9 Å². The number of hydrogen-bond donors (Lipinski definition) is 2. The monoisotopic (exact) mass is 370 g/mol. The molecule has 0 bridgehead atoms. The molecule has 0 heterocycles. The summed E-state index contributed by atoms with van der Waals surface area (Å²) in [5.41, 5.74) is -0.499. The lowest BCUT2D eigenvalue weighted by Crippen LogP contribution is -2.60. The van der Waals surface area contributed by atoms with Crippen LogP contribution in [0.1, 0.15) is 52.9 Å². The number of fused-ring (bicyclic) bond motifs is 3. The summed E-state index contributed by atoms with van der Waals surface area (Å²) in [6.45, 7) is 5.80. The Morgan fingerprint density at radius 2 is 2.00 bits per heavy atom. The Morgan fingerprint density at radius 1 is 1.26 bits per heavy atom. The molecule has 4 fully saturated rings. The highest BCUT2D eigenvalue weighted by atomic mass is 16.3. The minimum Gasteiger partial charge on any atom is -0.388 e. The summed E-state index contributed by atoms with van der Waals surface area (Å²) in [6.07, 6.45) is 10.5. The quantitative estimate of drug-likeness (QED) is 0.784. The maximum absolute atomic E-state index is 12.7. The summed E-state index contributed by atoms with van der Waals surface area (Å²) in [5, 5.41) is 21.1. The largest absolute Gasteiger partial charge is 0.388 e. The van der Waals surface area contributed by atoms with Crippen molar-refractivity contribution in [1.82, 2.24) is 0 Å². The molecular formula is C23H30O4. The summed E-state index contributed by atoms with van der Waals surface area (Å²) < 4.78 is 0. The Morgan fingerprint density at radius 3 is 2.70 bits per heavy atom. The maximum Gasteiger partial charge on any atom is 0.190 e. The van der Waals surface area contributed by atoms with Crippen molar-refractivity contribution in [3.05, 3.63) is 23.8 Å². The summed E-state index contributed by atoms with van der Waals surface area (Å²) in [6, 6.07) is 0. The third-order valence-electron chi connectivity index (χ3n) is 9.80. The first-order valence-electron chi connectivity index (χ1n) is 10.5. The molecule has 5 rings (SSSR count).